The molecular formula is C21H21BrN4O5. The molecule has 10 heteroatoms. The van der Waals surface area contributed by atoms with E-state index in [4.69, 9.17) is 0 Å². The van der Waals surface area contributed by atoms with Gasteiger partial charge in [-0.2, -0.15) is 5.01 Å². The quantitative estimate of drug-likeness (QED) is 0.463. The zero-order chi connectivity index (χ0) is 22.8. The summed E-state index contributed by atoms with van der Waals surface area (Å²) in [6, 6.07) is 10.2. The number of hydrogen-bond acceptors (Lipinski definition) is 4. The molecule has 2 aromatic carbocycles. The summed E-state index contributed by atoms with van der Waals surface area (Å²) in [5.41, 5.74) is 2.98. The number of aryl methyl sites for hydroxylation is 1. The van der Waals surface area contributed by atoms with Crippen LogP contribution in [0.3, 0.4) is 0 Å². The lowest BCUT2D eigenvalue weighted by molar-refractivity contribution is -0.132. The lowest BCUT2D eigenvalue weighted by Gasteiger charge is -2.22. The number of benzene rings is 2. The molecule has 162 valence electrons. The number of nitrogens with one attached hydrogen (secondary N) is 3. The maximum Gasteiger partial charge on any atom is 0.344 e. The molecule has 5 amide bonds. The zero-order valence-corrected chi connectivity index (χ0v) is 18.4. The maximum atomic E-state index is 12.9. The molecule has 1 unspecified atom stereocenters. The molecule has 2 aromatic rings. The van der Waals surface area contributed by atoms with Crippen molar-refractivity contribution in [3.63, 3.8) is 0 Å². The third-order valence-electron chi connectivity index (χ3n) is 5.09. The predicted molar refractivity (Wildman–Crippen MR) is 117 cm³/mol. The van der Waals surface area contributed by atoms with Crippen LogP contribution >= 0.6 is 15.9 Å². The third kappa shape index (κ3) is 4.85. The number of carbonyl (C=O) groups excluding carboxylic acids is 3. The van der Waals surface area contributed by atoms with Gasteiger partial charge in [-0.1, -0.05) is 28.1 Å². The van der Waals surface area contributed by atoms with Gasteiger partial charge in [0, 0.05) is 10.2 Å². The molecule has 1 heterocycles. The van der Waals surface area contributed by atoms with Crippen LogP contribution in [0, 0.1) is 6.92 Å². The van der Waals surface area contributed by atoms with Gasteiger partial charge in [-0.05, 0) is 68.1 Å². The van der Waals surface area contributed by atoms with Gasteiger partial charge in [0.1, 0.15) is 5.54 Å². The Morgan fingerprint density at radius 2 is 1.84 bits per heavy atom. The minimum Gasteiger partial charge on any atom is -0.478 e. The van der Waals surface area contributed by atoms with Crippen molar-refractivity contribution in [2.75, 3.05) is 5.32 Å². The molecule has 9 nitrogen and oxygen atoms in total. The molecule has 1 fully saturated rings. The number of anilines is 1. The number of aromatic carboxylic acids is 1. The number of hydrogen-bond donors (Lipinski definition) is 4. The van der Waals surface area contributed by atoms with E-state index in [1.807, 2.05) is 0 Å². The van der Waals surface area contributed by atoms with Crippen molar-refractivity contribution in [2.45, 2.75) is 32.2 Å². The first-order chi connectivity index (χ1) is 14.6. The second kappa shape index (κ2) is 8.76. The fourth-order valence-electron chi connectivity index (χ4n) is 3.36. The molecule has 0 aliphatic carbocycles. The van der Waals surface area contributed by atoms with Crippen molar-refractivity contribution in [1.82, 2.24) is 15.8 Å². The van der Waals surface area contributed by atoms with E-state index in [0.717, 1.165) is 10.0 Å². The van der Waals surface area contributed by atoms with Crippen LogP contribution < -0.4 is 16.1 Å². The summed E-state index contributed by atoms with van der Waals surface area (Å²) in [5.74, 6) is -1.69. The van der Waals surface area contributed by atoms with E-state index in [2.05, 4.69) is 32.0 Å². The number of carbonyl (C=O) groups is 4. The standard InChI is InChI=1S/C21H21BrN4O5/c1-12-4-3-5-16(17(27)28)15(12)10-11-21(2)18(29)26(20(31)24-21)25-19(30)23-14-8-6-13(22)7-9-14/h3-9H,10-11H2,1-2H3,(H,24,31)(H,27,28)(H2,23,25,30). The van der Waals surface area contributed by atoms with Crippen LogP contribution in [0.15, 0.2) is 46.9 Å². The van der Waals surface area contributed by atoms with Gasteiger partial charge in [0.05, 0.1) is 5.56 Å². The van der Waals surface area contributed by atoms with Gasteiger partial charge < -0.3 is 15.7 Å². The fraction of sp³-hybridized carbons (Fsp3) is 0.238. The van der Waals surface area contributed by atoms with Crippen LogP contribution in [-0.4, -0.2) is 39.6 Å². The average molecular weight is 489 g/mol. The Morgan fingerprint density at radius 1 is 1.16 bits per heavy atom. The average Bonchev–Trinajstić information content (AvgIpc) is 2.92. The smallest absolute Gasteiger partial charge is 0.344 e. The molecule has 31 heavy (non-hydrogen) atoms. The van der Waals surface area contributed by atoms with Crippen LogP contribution in [0.5, 0.6) is 0 Å². The molecule has 0 saturated carbocycles. The van der Waals surface area contributed by atoms with E-state index in [1.165, 1.54) is 6.07 Å². The Hall–Kier alpha value is -3.40. The Kier molecular flexibility index (Phi) is 6.30. The van der Waals surface area contributed by atoms with E-state index in [0.29, 0.717) is 16.3 Å². The number of urea groups is 2. The molecule has 3 rings (SSSR count). The van der Waals surface area contributed by atoms with E-state index in [9.17, 15) is 24.3 Å². The Labute approximate surface area is 186 Å². The first-order valence-electron chi connectivity index (χ1n) is 9.42. The Bertz CT molecular complexity index is 1060. The normalized spacial score (nSPS) is 18.0. The van der Waals surface area contributed by atoms with E-state index in [-0.39, 0.29) is 18.4 Å². The number of amides is 5. The molecule has 1 saturated heterocycles. The Balaban J connectivity index is 1.68. The Morgan fingerprint density at radius 3 is 2.48 bits per heavy atom. The molecule has 1 aliphatic rings. The van der Waals surface area contributed by atoms with E-state index in [1.54, 1.807) is 50.2 Å². The highest BCUT2D eigenvalue weighted by molar-refractivity contribution is 9.10. The summed E-state index contributed by atoms with van der Waals surface area (Å²) >= 11 is 3.29. The molecule has 0 spiro atoms. The molecule has 4 N–H and O–H groups in total. The molecular weight excluding hydrogens is 468 g/mol. The van der Waals surface area contributed by atoms with Crippen LogP contribution in [0.2, 0.25) is 0 Å². The number of halogens is 1. The maximum absolute atomic E-state index is 12.9. The summed E-state index contributed by atoms with van der Waals surface area (Å²) < 4.78 is 0.836. The zero-order valence-electron chi connectivity index (χ0n) is 16.9. The van der Waals surface area contributed by atoms with Gasteiger partial charge in [-0.3, -0.25) is 4.79 Å². The van der Waals surface area contributed by atoms with Crippen molar-refractivity contribution in [2.24, 2.45) is 0 Å². The first kappa shape index (κ1) is 22.3. The highest BCUT2D eigenvalue weighted by atomic mass is 79.9. The van der Waals surface area contributed by atoms with Crippen molar-refractivity contribution in [3.05, 3.63) is 63.6 Å². The number of carboxylic acids is 1. The van der Waals surface area contributed by atoms with Crippen LogP contribution in [-0.2, 0) is 11.2 Å². The van der Waals surface area contributed by atoms with Gasteiger partial charge in [-0.25, -0.2) is 19.8 Å². The second-order valence-electron chi connectivity index (χ2n) is 7.38. The van der Waals surface area contributed by atoms with Gasteiger partial charge in [0.25, 0.3) is 5.91 Å². The molecule has 1 aliphatic heterocycles. The predicted octanol–water partition coefficient (Wildman–Crippen LogP) is 3.44. The van der Waals surface area contributed by atoms with Crippen LogP contribution in [0.1, 0.15) is 34.8 Å². The fourth-order valence-corrected chi connectivity index (χ4v) is 3.62. The molecule has 0 aromatic heterocycles. The van der Waals surface area contributed by atoms with Crippen molar-refractivity contribution < 1.29 is 24.3 Å². The molecule has 1 atom stereocenters. The summed E-state index contributed by atoms with van der Waals surface area (Å²) in [7, 11) is 0. The topological polar surface area (TPSA) is 128 Å². The number of rotatable bonds is 6. The highest BCUT2D eigenvalue weighted by Gasteiger charge is 2.48. The third-order valence-corrected chi connectivity index (χ3v) is 5.62. The number of imide groups is 1. The second-order valence-corrected chi connectivity index (χ2v) is 8.30. The molecule has 0 bridgehead atoms. The highest BCUT2D eigenvalue weighted by Crippen LogP contribution is 2.25. The van der Waals surface area contributed by atoms with E-state index >= 15 is 0 Å². The minimum absolute atomic E-state index is 0.157. The SMILES string of the molecule is Cc1cccc(C(=O)O)c1CCC1(C)NC(=O)N(NC(=O)Nc2ccc(Br)cc2)C1=O. The number of carboxylic acid groups (broad SMARTS) is 1. The van der Waals surface area contributed by atoms with Gasteiger partial charge >= 0.3 is 18.0 Å². The summed E-state index contributed by atoms with van der Waals surface area (Å²) in [6.07, 6.45) is 0.422. The largest absolute Gasteiger partial charge is 0.478 e. The lowest BCUT2D eigenvalue weighted by atomic mass is 9.89. The van der Waals surface area contributed by atoms with Gasteiger partial charge in [-0.15, -0.1) is 0 Å². The number of hydrazine groups is 1. The van der Waals surface area contributed by atoms with Crippen molar-refractivity contribution >= 4 is 45.6 Å². The number of nitrogens with zero attached hydrogens (tertiary/aromatic N) is 1. The minimum atomic E-state index is -1.29. The van der Waals surface area contributed by atoms with Gasteiger partial charge in [0.2, 0.25) is 0 Å². The summed E-state index contributed by atoms with van der Waals surface area (Å²) in [6.45, 7) is 3.33. The van der Waals surface area contributed by atoms with E-state index < -0.39 is 29.5 Å². The summed E-state index contributed by atoms with van der Waals surface area (Å²) in [5, 5.41) is 15.2. The van der Waals surface area contributed by atoms with Crippen molar-refractivity contribution in [1.29, 1.82) is 0 Å². The first-order valence-corrected chi connectivity index (χ1v) is 10.2. The van der Waals surface area contributed by atoms with Crippen molar-refractivity contribution in [3.8, 4) is 0 Å². The lowest BCUT2D eigenvalue weighted by Crippen LogP contribution is -2.50. The molecule has 0 radical (unpaired) electrons. The monoisotopic (exact) mass is 488 g/mol. The van der Waals surface area contributed by atoms with Crippen LogP contribution in [0.4, 0.5) is 15.3 Å². The summed E-state index contributed by atoms with van der Waals surface area (Å²) in [4.78, 5) is 48.9. The van der Waals surface area contributed by atoms with Crippen LogP contribution in [0.25, 0.3) is 0 Å². The van der Waals surface area contributed by atoms with Gasteiger partial charge in [0.15, 0.2) is 0 Å².